The Hall–Kier alpha value is -4.62. The normalized spacial score (nSPS) is 15.4. The van der Waals surface area contributed by atoms with Gasteiger partial charge in [0.1, 0.15) is 21.3 Å². The summed E-state index contributed by atoms with van der Waals surface area (Å²) in [6, 6.07) is 14.1. The van der Waals surface area contributed by atoms with E-state index < -0.39 is 21.6 Å². The van der Waals surface area contributed by atoms with Gasteiger partial charge in [0.05, 0.1) is 23.3 Å². The molecule has 7 rings (SSSR count). The molecule has 0 saturated carbocycles. The van der Waals surface area contributed by atoms with E-state index in [0.717, 1.165) is 33.8 Å². The number of benzene rings is 2. The topological polar surface area (TPSA) is 121 Å². The number of hydrogen-bond donors (Lipinski definition) is 2. The van der Waals surface area contributed by atoms with Crippen molar-refractivity contribution >= 4 is 31.9 Å². The SMILES string of the molecule is CS(=O)(=O)CCc1cc(F)cc(-c2ccnc3nc(-c4n[nH]c5ccc(-c6cncc(CN7CCC(F)(F)C7)c6)cc45)[nH]c23)c1. The highest BCUT2D eigenvalue weighted by Crippen LogP contribution is 2.34. The molecule has 1 saturated heterocycles. The molecule has 9 nitrogen and oxygen atoms in total. The van der Waals surface area contributed by atoms with Gasteiger partial charge in [-0.3, -0.25) is 15.0 Å². The molecule has 0 amide bonds. The number of sulfone groups is 1. The molecule has 0 aliphatic carbocycles. The third-order valence-electron chi connectivity index (χ3n) is 7.99. The Kier molecular flexibility index (Phi) is 7.16. The van der Waals surface area contributed by atoms with Crippen molar-refractivity contribution in [3.8, 4) is 33.8 Å². The van der Waals surface area contributed by atoms with Crippen molar-refractivity contribution in [2.24, 2.45) is 0 Å². The van der Waals surface area contributed by atoms with Crippen molar-refractivity contribution in [2.75, 3.05) is 25.1 Å². The van der Waals surface area contributed by atoms with Crippen LogP contribution in [-0.2, 0) is 22.8 Å². The van der Waals surface area contributed by atoms with E-state index in [-0.39, 0.29) is 25.1 Å². The zero-order valence-corrected chi connectivity index (χ0v) is 25.0. The number of rotatable bonds is 8. The van der Waals surface area contributed by atoms with Crippen LogP contribution < -0.4 is 0 Å². The van der Waals surface area contributed by atoms with E-state index in [0.29, 0.717) is 52.5 Å². The summed E-state index contributed by atoms with van der Waals surface area (Å²) in [5.41, 5.74) is 6.73. The molecular weight excluding hydrogens is 603 g/mol. The number of imidazole rings is 1. The van der Waals surface area contributed by atoms with Gasteiger partial charge in [0, 0.05) is 60.9 Å². The maximum atomic E-state index is 14.6. The van der Waals surface area contributed by atoms with Gasteiger partial charge >= 0.3 is 0 Å². The zero-order valence-electron chi connectivity index (χ0n) is 24.2. The van der Waals surface area contributed by atoms with Gasteiger partial charge in [0.15, 0.2) is 11.5 Å². The third kappa shape index (κ3) is 6.18. The minimum Gasteiger partial charge on any atom is -0.335 e. The van der Waals surface area contributed by atoms with E-state index in [1.807, 2.05) is 24.3 Å². The summed E-state index contributed by atoms with van der Waals surface area (Å²) < 4.78 is 65.4. The summed E-state index contributed by atoms with van der Waals surface area (Å²) in [4.78, 5) is 18.5. The first-order valence-corrected chi connectivity index (χ1v) is 16.4. The van der Waals surface area contributed by atoms with Gasteiger partial charge in [-0.2, -0.15) is 5.10 Å². The summed E-state index contributed by atoms with van der Waals surface area (Å²) >= 11 is 0. The molecule has 45 heavy (non-hydrogen) atoms. The lowest BCUT2D eigenvalue weighted by Crippen LogP contribution is -2.24. The molecule has 6 aromatic rings. The van der Waals surface area contributed by atoms with Crippen molar-refractivity contribution in [1.29, 1.82) is 0 Å². The number of aromatic nitrogens is 6. The van der Waals surface area contributed by atoms with Crippen LogP contribution in [-0.4, -0.2) is 74.5 Å². The highest BCUT2D eigenvalue weighted by molar-refractivity contribution is 7.90. The molecule has 0 radical (unpaired) electrons. The zero-order chi connectivity index (χ0) is 31.3. The fraction of sp³-hybridized carbons (Fsp3) is 0.250. The first-order chi connectivity index (χ1) is 21.5. The number of halogens is 3. The number of pyridine rings is 2. The Morgan fingerprint density at radius 2 is 1.84 bits per heavy atom. The number of likely N-dealkylation sites (tertiary alicyclic amines) is 1. The lowest BCUT2D eigenvalue weighted by atomic mass is 10.0. The molecule has 1 aliphatic rings. The average Bonchev–Trinajstić information content (AvgIpc) is 3.71. The largest absolute Gasteiger partial charge is 0.335 e. The Morgan fingerprint density at radius 3 is 2.64 bits per heavy atom. The predicted molar refractivity (Wildman–Crippen MR) is 166 cm³/mol. The Labute approximate surface area is 256 Å². The second kappa shape index (κ2) is 11.1. The molecule has 2 aromatic carbocycles. The fourth-order valence-electron chi connectivity index (χ4n) is 5.82. The molecule has 0 spiro atoms. The summed E-state index contributed by atoms with van der Waals surface area (Å²) in [6.45, 7) is 0.493. The van der Waals surface area contributed by atoms with Gasteiger partial charge in [0.2, 0.25) is 0 Å². The quantitative estimate of drug-likeness (QED) is 0.218. The number of nitrogens with zero attached hydrogens (tertiary/aromatic N) is 5. The van der Waals surface area contributed by atoms with Crippen LogP contribution in [0, 0.1) is 5.82 Å². The van der Waals surface area contributed by atoms with E-state index in [1.54, 1.807) is 35.6 Å². The molecule has 230 valence electrons. The van der Waals surface area contributed by atoms with Gasteiger partial charge in [-0.25, -0.2) is 31.6 Å². The van der Waals surface area contributed by atoms with E-state index in [2.05, 4.69) is 30.1 Å². The Morgan fingerprint density at radius 1 is 1.00 bits per heavy atom. The first-order valence-electron chi connectivity index (χ1n) is 14.3. The van der Waals surface area contributed by atoms with Crippen LogP contribution in [0.15, 0.2) is 67.1 Å². The van der Waals surface area contributed by atoms with Gasteiger partial charge in [-0.15, -0.1) is 0 Å². The van der Waals surface area contributed by atoms with Gasteiger partial charge < -0.3 is 4.98 Å². The summed E-state index contributed by atoms with van der Waals surface area (Å²) in [5.74, 6) is -2.74. The molecule has 0 atom stereocenters. The van der Waals surface area contributed by atoms with Crippen LogP contribution in [0.25, 0.3) is 55.8 Å². The van der Waals surface area contributed by atoms with Crippen molar-refractivity contribution < 1.29 is 21.6 Å². The van der Waals surface area contributed by atoms with Gasteiger partial charge in [0.25, 0.3) is 5.92 Å². The molecule has 0 unspecified atom stereocenters. The van der Waals surface area contributed by atoms with Crippen LogP contribution in [0.5, 0.6) is 0 Å². The standard InChI is InChI=1S/C32H28F3N7O2S/c1-45(43,44)9-5-19-10-22(13-24(33)12-19)25-4-7-37-30-28(25)38-31(39-30)29-26-14-21(2-3-27(26)40-41-29)23-11-20(15-36-16-23)17-42-8-6-32(34,35)18-42/h2-4,7,10-16H,5-6,8-9,17-18H2,1H3,(H,40,41)(H,37,38,39). The molecule has 2 N–H and O–H groups in total. The molecule has 1 aliphatic heterocycles. The fourth-order valence-corrected chi connectivity index (χ4v) is 6.43. The molecule has 1 fully saturated rings. The number of alkyl halides is 2. The molecular formula is C32H28F3N7O2S. The predicted octanol–water partition coefficient (Wildman–Crippen LogP) is 5.80. The molecule has 13 heteroatoms. The maximum Gasteiger partial charge on any atom is 0.261 e. The lowest BCUT2D eigenvalue weighted by Gasteiger charge is -2.15. The molecule has 5 heterocycles. The highest BCUT2D eigenvalue weighted by atomic mass is 32.2. The van der Waals surface area contributed by atoms with E-state index in [9.17, 15) is 21.6 Å². The Bertz CT molecular complexity index is 2180. The third-order valence-corrected chi connectivity index (χ3v) is 8.94. The monoisotopic (exact) mass is 631 g/mol. The highest BCUT2D eigenvalue weighted by Gasteiger charge is 2.37. The summed E-state index contributed by atoms with van der Waals surface area (Å²) in [5, 5.41) is 8.36. The maximum absolute atomic E-state index is 14.6. The number of fused-ring (bicyclic) bond motifs is 2. The van der Waals surface area contributed by atoms with Crippen molar-refractivity contribution in [1.82, 2.24) is 35.0 Å². The van der Waals surface area contributed by atoms with Gasteiger partial charge in [-0.1, -0.05) is 12.1 Å². The summed E-state index contributed by atoms with van der Waals surface area (Å²) in [7, 11) is -3.21. The second-order valence-electron chi connectivity index (χ2n) is 11.6. The van der Waals surface area contributed by atoms with Crippen molar-refractivity contribution in [3.05, 3.63) is 84.1 Å². The second-order valence-corrected chi connectivity index (χ2v) is 13.9. The minimum atomic E-state index is -3.21. The molecule has 4 aromatic heterocycles. The van der Waals surface area contributed by atoms with Crippen LogP contribution in [0.4, 0.5) is 13.2 Å². The van der Waals surface area contributed by atoms with E-state index in [1.165, 1.54) is 12.1 Å². The van der Waals surface area contributed by atoms with Crippen molar-refractivity contribution in [2.45, 2.75) is 25.3 Å². The summed E-state index contributed by atoms with van der Waals surface area (Å²) in [6.07, 6.45) is 6.25. The number of aromatic amines is 2. The van der Waals surface area contributed by atoms with Crippen LogP contribution in [0.3, 0.4) is 0 Å². The number of nitrogens with one attached hydrogen (secondary N) is 2. The average molecular weight is 632 g/mol. The lowest BCUT2D eigenvalue weighted by molar-refractivity contribution is 0.0115. The molecule has 0 bridgehead atoms. The van der Waals surface area contributed by atoms with Crippen LogP contribution in [0.2, 0.25) is 0 Å². The number of H-pyrrole nitrogens is 2. The van der Waals surface area contributed by atoms with E-state index in [4.69, 9.17) is 0 Å². The Balaban J connectivity index is 1.22. The smallest absolute Gasteiger partial charge is 0.261 e. The number of aryl methyl sites for hydroxylation is 1. The first kappa shape index (κ1) is 29.1. The van der Waals surface area contributed by atoms with Crippen molar-refractivity contribution in [3.63, 3.8) is 0 Å². The van der Waals surface area contributed by atoms with Gasteiger partial charge in [-0.05, 0) is 65.1 Å². The number of hydrogen-bond acceptors (Lipinski definition) is 7. The van der Waals surface area contributed by atoms with E-state index >= 15 is 0 Å². The van der Waals surface area contributed by atoms with Crippen LogP contribution >= 0.6 is 0 Å². The minimum absolute atomic E-state index is 0.0816. The van der Waals surface area contributed by atoms with Crippen LogP contribution in [0.1, 0.15) is 17.5 Å².